The number of anilines is 1. The topological polar surface area (TPSA) is 81.5 Å². The van der Waals surface area contributed by atoms with Gasteiger partial charge in [-0.15, -0.1) is 0 Å². The summed E-state index contributed by atoms with van der Waals surface area (Å²) in [6.07, 6.45) is 3.96. The third-order valence-electron chi connectivity index (χ3n) is 8.16. The van der Waals surface area contributed by atoms with E-state index in [1.165, 1.54) is 0 Å². The lowest BCUT2D eigenvalue weighted by atomic mass is 9.76. The summed E-state index contributed by atoms with van der Waals surface area (Å²) in [4.78, 5) is 24.3. The molecular weight excluding hydrogens is 550 g/mol. The van der Waals surface area contributed by atoms with Crippen LogP contribution >= 0.6 is 0 Å². The fourth-order valence-corrected chi connectivity index (χ4v) is 6.29. The van der Waals surface area contributed by atoms with Crippen LogP contribution in [0.2, 0.25) is 0 Å². The molecule has 44 heavy (non-hydrogen) atoms. The molecule has 2 unspecified atom stereocenters. The first kappa shape index (κ1) is 29.4. The Labute approximate surface area is 258 Å². The lowest BCUT2D eigenvalue weighted by molar-refractivity contribution is -0.00875. The number of carbonyl (C=O) groups is 1. The van der Waals surface area contributed by atoms with Crippen molar-refractivity contribution in [1.82, 2.24) is 19.4 Å². The molecule has 6 rings (SSSR count). The highest BCUT2D eigenvalue weighted by atomic mass is 16.6. The van der Waals surface area contributed by atoms with Gasteiger partial charge in [0.1, 0.15) is 28.9 Å². The predicted octanol–water partition coefficient (Wildman–Crippen LogP) is 6.71. The highest BCUT2D eigenvalue weighted by Gasteiger charge is 2.40. The van der Waals surface area contributed by atoms with Crippen LogP contribution in [0, 0.1) is 0 Å². The Morgan fingerprint density at radius 2 is 1.39 bits per heavy atom. The molecule has 1 fully saturated rings. The van der Waals surface area contributed by atoms with E-state index >= 15 is 0 Å². The molecule has 3 heterocycles. The first-order valence-corrected chi connectivity index (χ1v) is 15.1. The summed E-state index contributed by atoms with van der Waals surface area (Å²) in [5, 5.41) is 4.52. The van der Waals surface area contributed by atoms with Gasteiger partial charge in [-0.1, -0.05) is 91.0 Å². The average Bonchev–Trinajstić information content (AvgIpc) is 3.47. The molecule has 1 aliphatic rings. The smallest absolute Gasteiger partial charge is 0.410 e. The minimum Gasteiger partial charge on any atom is -0.444 e. The summed E-state index contributed by atoms with van der Waals surface area (Å²) in [7, 11) is 1.68. The van der Waals surface area contributed by atoms with Gasteiger partial charge in [-0.25, -0.2) is 14.8 Å². The van der Waals surface area contributed by atoms with Crippen molar-refractivity contribution in [2.24, 2.45) is 0 Å². The van der Waals surface area contributed by atoms with Gasteiger partial charge in [0.05, 0.1) is 18.0 Å². The standard InChI is InChI=1S/C36H39N5O3/c1-35(2,3)44-34(42)40-23-29(22-30(24-40)43-4)39-32-31-20-21-41(33(31)38-25-37-32)36(26-14-8-5-9-15-26,27-16-10-6-11-17-27)28-18-12-7-13-19-28/h5-21,25,29-30H,22-24H2,1-4H3,(H,37,38,39). The van der Waals surface area contributed by atoms with Crippen LogP contribution < -0.4 is 5.32 Å². The zero-order chi connectivity index (χ0) is 30.7. The zero-order valence-corrected chi connectivity index (χ0v) is 25.7. The number of methoxy groups -OCH3 is 1. The van der Waals surface area contributed by atoms with Crippen LogP contribution in [0.1, 0.15) is 43.9 Å². The van der Waals surface area contributed by atoms with Gasteiger partial charge in [-0.2, -0.15) is 0 Å². The van der Waals surface area contributed by atoms with Gasteiger partial charge in [-0.3, -0.25) is 0 Å². The van der Waals surface area contributed by atoms with Crippen molar-refractivity contribution in [3.63, 3.8) is 0 Å². The zero-order valence-electron chi connectivity index (χ0n) is 25.7. The number of nitrogens with one attached hydrogen (secondary N) is 1. The average molecular weight is 590 g/mol. The monoisotopic (exact) mass is 589 g/mol. The van der Waals surface area contributed by atoms with Gasteiger partial charge < -0.3 is 24.3 Å². The molecule has 5 aromatic rings. The van der Waals surface area contributed by atoms with Crippen molar-refractivity contribution in [2.45, 2.75) is 50.5 Å². The molecule has 0 saturated carbocycles. The van der Waals surface area contributed by atoms with E-state index in [1.54, 1.807) is 18.3 Å². The Morgan fingerprint density at radius 1 is 0.818 bits per heavy atom. The summed E-state index contributed by atoms with van der Waals surface area (Å²) in [6, 6.07) is 33.6. The third-order valence-corrected chi connectivity index (χ3v) is 8.16. The van der Waals surface area contributed by atoms with E-state index in [9.17, 15) is 4.79 Å². The number of hydrogen-bond acceptors (Lipinski definition) is 6. The SMILES string of the molecule is COC1CC(Nc2ncnc3c2ccn3C(c2ccccc2)(c2ccccc2)c2ccccc2)CN(C(=O)OC(C)(C)C)C1. The maximum Gasteiger partial charge on any atom is 0.410 e. The summed E-state index contributed by atoms with van der Waals surface area (Å²) in [5.41, 5.74) is 2.87. The van der Waals surface area contributed by atoms with E-state index in [2.05, 4.69) is 99.9 Å². The Kier molecular flexibility index (Phi) is 8.10. The highest BCUT2D eigenvalue weighted by Crippen LogP contribution is 2.43. The summed E-state index contributed by atoms with van der Waals surface area (Å²) in [5.74, 6) is 0.711. The minimum absolute atomic E-state index is 0.0928. The summed E-state index contributed by atoms with van der Waals surface area (Å²) < 4.78 is 13.7. The van der Waals surface area contributed by atoms with Crippen LogP contribution in [0.5, 0.6) is 0 Å². The Balaban J connectivity index is 1.44. The highest BCUT2D eigenvalue weighted by molar-refractivity contribution is 5.88. The van der Waals surface area contributed by atoms with Gasteiger partial charge in [0.25, 0.3) is 0 Å². The second-order valence-corrected chi connectivity index (χ2v) is 12.3. The number of rotatable bonds is 7. The number of nitrogens with zero attached hydrogens (tertiary/aromatic N) is 4. The molecule has 1 N–H and O–H groups in total. The number of likely N-dealkylation sites (tertiary alicyclic amines) is 1. The van der Waals surface area contributed by atoms with Crippen LogP contribution in [0.4, 0.5) is 10.6 Å². The third kappa shape index (κ3) is 5.65. The van der Waals surface area contributed by atoms with Crippen LogP contribution in [-0.4, -0.2) is 63.5 Å². The Hall–Kier alpha value is -4.69. The van der Waals surface area contributed by atoms with Gasteiger partial charge in [0.15, 0.2) is 0 Å². The lowest BCUT2D eigenvalue weighted by Gasteiger charge is -2.38. The van der Waals surface area contributed by atoms with Gasteiger partial charge >= 0.3 is 6.09 Å². The molecule has 0 radical (unpaired) electrons. The molecule has 3 aromatic carbocycles. The van der Waals surface area contributed by atoms with E-state index < -0.39 is 11.1 Å². The molecule has 1 aliphatic heterocycles. The van der Waals surface area contributed by atoms with E-state index in [4.69, 9.17) is 14.5 Å². The first-order valence-electron chi connectivity index (χ1n) is 15.1. The van der Waals surface area contributed by atoms with Gasteiger partial charge in [0.2, 0.25) is 0 Å². The molecule has 1 amide bonds. The molecule has 226 valence electrons. The predicted molar refractivity (Wildman–Crippen MR) is 173 cm³/mol. The second kappa shape index (κ2) is 12.1. The molecule has 1 saturated heterocycles. The quantitative estimate of drug-likeness (QED) is 0.213. The largest absolute Gasteiger partial charge is 0.444 e. The molecule has 8 heteroatoms. The summed E-state index contributed by atoms with van der Waals surface area (Å²) >= 11 is 0. The van der Waals surface area contributed by atoms with Crippen LogP contribution in [0.15, 0.2) is 110 Å². The van der Waals surface area contributed by atoms with Crippen LogP contribution in [0.3, 0.4) is 0 Å². The number of aromatic nitrogens is 3. The summed E-state index contributed by atoms with van der Waals surface area (Å²) in [6.45, 7) is 6.58. The molecular formula is C36H39N5O3. The Bertz CT molecular complexity index is 1600. The van der Waals surface area contributed by atoms with Crippen molar-refractivity contribution in [3.8, 4) is 0 Å². The van der Waals surface area contributed by atoms with Crippen molar-refractivity contribution in [3.05, 3.63) is 126 Å². The molecule has 0 aliphatic carbocycles. The number of benzene rings is 3. The van der Waals surface area contributed by atoms with E-state index in [1.807, 2.05) is 39.0 Å². The molecule has 0 spiro atoms. The van der Waals surface area contributed by atoms with E-state index in [0.717, 1.165) is 34.1 Å². The van der Waals surface area contributed by atoms with E-state index in [0.29, 0.717) is 18.9 Å². The molecule has 8 nitrogen and oxygen atoms in total. The first-order chi connectivity index (χ1) is 21.3. The molecule has 2 aromatic heterocycles. The molecule has 0 bridgehead atoms. The lowest BCUT2D eigenvalue weighted by Crippen LogP contribution is -2.52. The van der Waals surface area contributed by atoms with Crippen molar-refractivity contribution < 1.29 is 14.3 Å². The number of amides is 1. The number of ether oxygens (including phenoxy) is 2. The maximum atomic E-state index is 13.0. The second-order valence-electron chi connectivity index (χ2n) is 12.3. The van der Waals surface area contributed by atoms with Crippen molar-refractivity contribution in [2.75, 3.05) is 25.5 Å². The Morgan fingerprint density at radius 3 is 1.91 bits per heavy atom. The fourth-order valence-electron chi connectivity index (χ4n) is 6.29. The minimum atomic E-state index is -0.698. The maximum absolute atomic E-state index is 13.0. The number of hydrogen-bond donors (Lipinski definition) is 1. The molecule has 2 atom stereocenters. The van der Waals surface area contributed by atoms with Crippen LogP contribution in [0.25, 0.3) is 11.0 Å². The van der Waals surface area contributed by atoms with Crippen molar-refractivity contribution in [1.29, 1.82) is 0 Å². The number of fused-ring (bicyclic) bond motifs is 1. The van der Waals surface area contributed by atoms with Gasteiger partial charge in [-0.05, 0) is 49.9 Å². The fraction of sp³-hybridized carbons (Fsp3) is 0.306. The number of carbonyl (C=O) groups excluding carboxylic acids is 1. The normalized spacial score (nSPS) is 17.4. The van der Waals surface area contributed by atoms with Crippen molar-refractivity contribution >= 4 is 22.9 Å². The van der Waals surface area contributed by atoms with Gasteiger partial charge in [0, 0.05) is 25.9 Å². The van der Waals surface area contributed by atoms with E-state index in [-0.39, 0.29) is 18.2 Å². The number of piperidine rings is 1. The van der Waals surface area contributed by atoms with Crippen LogP contribution in [-0.2, 0) is 15.0 Å².